The molecule has 0 fully saturated rings. The first-order valence-corrected chi connectivity index (χ1v) is 7.48. The van der Waals surface area contributed by atoms with Crippen LogP contribution in [0, 0.1) is 0 Å². The van der Waals surface area contributed by atoms with Crippen LogP contribution in [0.4, 0.5) is 0 Å². The van der Waals surface area contributed by atoms with E-state index >= 15 is 0 Å². The molecule has 0 aliphatic rings. The molecule has 0 aromatic heterocycles. The van der Waals surface area contributed by atoms with Gasteiger partial charge in [0.2, 0.25) is 5.91 Å². The summed E-state index contributed by atoms with van der Waals surface area (Å²) >= 11 is 0. The second-order valence-electron chi connectivity index (χ2n) is 5.20. The van der Waals surface area contributed by atoms with Gasteiger partial charge in [0.05, 0.1) is 12.6 Å². The SMILES string of the molecule is CCC(CC)N(CCO)C(=O)[C@@H](N)Cc1ccc(O)cc1. The normalized spacial score (nSPS) is 12.4. The van der Waals surface area contributed by atoms with Crippen molar-refractivity contribution in [3.8, 4) is 5.75 Å². The number of carbonyl (C=O) groups excluding carboxylic acids is 1. The van der Waals surface area contributed by atoms with Gasteiger partial charge in [-0.1, -0.05) is 26.0 Å². The topological polar surface area (TPSA) is 86.8 Å². The molecule has 0 heterocycles. The van der Waals surface area contributed by atoms with Crippen molar-refractivity contribution < 1.29 is 15.0 Å². The largest absolute Gasteiger partial charge is 0.508 e. The highest BCUT2D eigenvalue weighted by molar-refractivity contribution is 5.82. The van der Waals surface area contributed by atoms with E-state index in [0.717, 1.165) is 18.4 Å². The molecule has 0 unspecified atom stereocenters. The van der Waals surface area contributed by atoms with Crippen molar-refractivity contribution in [1.82, 2.24) is 4.90 Å². The smallest absolute Gasteiger partial charge is 0.240 e. The first-order chi connectivity index (χ1) is 10.0. The summed E-state index contributed by atoms with van der Waals surface area (Å²) < 4.78 is 0. The standard InChI is InChI=1S/C16H26N2O3/c1-3-13(4-2)18(9-10-19)16(21)15(17)11-12-5-7-14(20)8-6-12/h5-8,13,15,19-20H,3-4,9-11,17H2,1-2H3/t15-/m0/s1. The third-order valence-corrected chi connectivity index (χ3v) is 3.72. The van der Waals surface area contributed by atoms with E-state index in [2.05, 4.69) is 0 Å². The van der Waals surface area contributed by atoms with Crippen molar-refractivity contribution in [2.24, 2.45) is 5.73 Å². The van der Waals surface area contributed by atoms with Gasteiger partial charge in [-0.25, -0.2) is 0 Å². The van der Waals surface area contributed by atoms with Crippen LogP contribution in [0.5, 0.6) is 5.75 Å². The van der Waals surface area contributed by atoms with Crippen LogP contribution in [0.2, 0.25) is 0 Å². The highest BCUT2D eigenvalue weighted by atomic mass is 16.3. The molecule has 4 N–H and O–H groups in total. The molecule has 0 saturated heterocycles. The number of amides is 1. The van der Waals surface area contributed by atoms with Gasteiger partial charge in [0.15, 0.2) is 0 Å². The van der Waals surface area contributed by atoms with Crippen LogP contribution in [-0.4, -0.2) is 46.3 Å². The van der Waals surface area contributed by atoms with Crippen molar-refractivity contribution in [2.45, 2.75) is 45.2 Å². The van der Waals surface area contributed by atoms with Crippen molar-refractivity contribution >= 4 is 5.91 Å². The fourth-order valence-electron chi connectivity index (χ4n) is 2.50. The molecule has 1 aromatic carbocycles. The number of nitrogens with zero attached hydrogens (tertiary/aromatic N) is 1. The first-order valence-electron chi connectivity index (χ1n) is 7.48. The fourth-order valence-corrected chi connectivity index (χ4v) is 2.50. The van der Waals surface area contributed by atoms with E-state index in [0.29, 0.717) is 13.0 Å². The van der Waals surface area contributed by atoms with E-state index in [1.54, 1.807) is 29.2 Å². The number of rotatable bonds is 8. The molecule has 5 nitrogen and oxygen atoms in total. The van der Waals surface area contributed by atoms with Gasteiger partial charge in [-0.2, -0.15) is 0 Å². The van der Waals surface area contributed by atoms with Crippen LogP contribution >= 0.6 is 0 Å². The van der Waals surface area contributed by atoms with Gasteiger partial charge in [-0.3, -0.25) is 4.79 Å². The van der Waals surface area contributed by atoms with Gasteiger partial charge in [0.1, 0.15) is 5.75 Å². The Morgan fingerprint density at radius 2 is 1.81 bits per heavy atom. The summed E-state index contributed by atoms with van der Waals surface area (Å²) in [5, 5.41) is 18.4. The molecular weight excluding hydrogens is 268 g/mol. The number of phenols is 1. The zero-order valence-electron chi connectivity index (χ0n) is 12.8. The minimum Gasteiger partial charge on any atom is -0.508 e. The predicted octanol–water partition coefficient (Wildman–Crippen LogP) is 1.27. The molecule has 118 valence electrons. The molecule has 0 aliphatic heterocycles. The van der Waals surface area contributed by atoms with E-state index in [1.807, 2.05) is 13.8 Å². The molecule has 0 spiro atoms. The maximum atomic E-state index is 12.5. The number of hydrogen-bond acceptors (Lipinski definition) is 4. The lowest BCUT2D eigenvalue weighted by molar-refractivity contribution is -0.135. The maximum absolute atomic E-state index is 12.5. The third kappa shape index (κ3) is 5.02. The molecule has 0 bridgehead atoms. The Kier molecular flexibility index (Phi) is 7.19. The summed E-state index contributed by atoms with van der Waals surface area (Å²) in [4.78, 5) is 14.2. The summed E-state index contributed by atoms with van der Waals surface area (Å²) in [6.45, 7) is 4.30. The molecule has 1 rings (SSSR count). The Hall–Kier alpha value is -1.59. The van der Waals surface area contributed by atoms with Gasteiger partial charge in [0.25, 0.3) is 0 Å². The molecule has 21 heavy (non-hydrogen) atoms. The number of aliphatic hydroxyl groups is 1. The van der Waals surface area contributed by atoms with Crippen molar-refractivity contribution in [1.29, 1.82) is 0 Å². The number of benzene rings is 1. The monoisotopic (exact) mass is 294 g/mol. The lowest BCUT2D eigenvalue weighted by Crippen LogP contribution is -2.50. The number of nitrogens with two attached hydrogens (primary N) is 1. The summed E-state index contributed by atoms with van der Waals surface area (Å²) in [7, 11) is 0. The van der Waals surface area contributed by atoms with Crippen LogP contribution < -0.4 is 5.73 Å². The van der Waals surface area contributed by atoms with Gasteiger partial charge in [-0.15, -0.1) is 0 Å². The molecule has 1 aromatic rings. The summed E-state index contributed by atoms with van der Waals surface area (Å²) in [6.07, 6.45) is 2.10. The van der Waals surface area contributed by atoms with Crippen LogP contribution in [0.1, 0.15) is 32.3 Å². The Bertz CT molecular complexity index is 430. The molecule has 0 saturated carbocycles. The molecule has 1 amide bonds. The molecular formula is C16H26N2O3. The number of aliphatic hydroxyl groups excluding tert-OH is 1. The van der Waals surface area contributed by atoms with E-state index < -0.39 is 6.04 Å². The summed E-state index contributed by atoms with van der Waals surface area (Å²) in [5.74, 6) is 0.0587. The summed E-state index contributed by atoms with van der Waals surface area (Å²) in [5.41, 5.74) is 6.94. The molecule has 0 aliphatic carbocycles. The molecule has 0 radical (unpaired) electrons. The molecule has 1 atom stereocenters. The summed E-state index contributed by atoms with van der Waals surface area (Å²) in [6, 6.07) is 6.15. The van der Waals surface area contributed by atoms with Crippen molar-refractivity contribution in [3.63, 3.8) is 0 Å². The van der Waals surface area contributed by atoms with Gasteiger partial charge in [0, 0.05) is 12.6 Å². The van der Waals surface area contributed by atoms with Crippen LogP contribution in [-0.2, 0) is 11.2 Å². The van der Waals surface area contributed by atoms with E-state index in [-0.39, 0.29) is 24.3 Å². The minimum absolute atomic E-state index is 0.0613. The van der Waals surface area contributed by atoms with Crippen molar-refractivity contribution in [3.05, 3.63) is 29.8 Å². The average molecular weight is 294 g/mol. The second kappa shape index (κ2) is 8.64. The minimum atomic E-state index is -0.637. The quantitative estimate of drug-likeness (QED) is 0.674. The average Bonchev–Trinajstić information content (AvgIpc) is 2.49. The van der Waals surface area contributed by atoms with Gasteiger partial charge >= 0.3 is 0 Å². The van der Waals surface area contributed by atoms with Crippen LogP contribution in [0.15, 0.2) is 24.3 Å². The van der Waals surface area contributed by atoms with Crippen LogP contribution in [0.3, 0.4) is 0 Å². The van der Waals surface area contributed by atoms with Crippen molar-refractivity contribution in [2.75, 3.05) is 13.2 Å². The third-order valence-electron chi connectivity index (χ3n) is 3.72. The highest BCUT2D eigenvalue weighted by Gasteiger charge is 2.25. The zero-order chi connectivity index (χ0) is 15.8. The Morgan fingerprint density at radius 3 is 2.29 bits per heavy atom. The second-order valence-corrected chi connectivity index (χ2v) is 5.20. The van der Waals surface area contributed by atoms with E-state index in [4.69, 9.17) is 10.8 Å². The number of hydrogen-bond donors (Lipinski definition) is 3. The maximum Gasteiger partial charge on any atom is 0.240 e. The first kappa shape index (κ1) is 17.5. The Morgan fingerprint density at radius 1 is 1.24 bits per heavy atom. The fraction of sp³-hybridized carbons (Fsp3) is 0.562. The van der Waals surface area contributed by atoms with Crippen LogP contribution in [0.25, 0.3) is 0 Å². The number of carbonyl (C=O) groups is 1. The van der Waals surface area contributed by atoms with Gasteiger partial charge < -0.3 is 20.8 Å². The lowest BCUT2D eigenvalue weighted by Gasteiger charge is -2.32. The highest BCUT2D eigenvalue weighted by Crippen LogP contribution is 2.14. The zero-order valence-corrected chi connectivity index (χ0v) is 12.8. The Labute approximate surface area is 126 Å². The van der Waals surface area contributed by atoms with Gasteiger partial charge in [-0.05, 0) is 37.0 Å². The Balaban J connectivity index is 2.75. The molecule has 5 heteroatoms. The number of phenolic OH excluding ortho intramolecular Hbond substituents is 1. The van der Waals surface area contributed by atoms with E-state index in [9.17, 15) is 9.90 Å². The number of aromatic hydroxyl groups is 1. The predicted molar refractivity (Wildman–Crippen MR) is 83.0 cm³/mol. The van der Waals surface area contributed by atoms with E-state index in [1.165, 1.54) is 0 Å². The lowest BCUT2D eigenvalue weighted by atomic mass is 10.0.